The van der Waals surface area contributed by atoms with Crippen molar-refractivity contribution in [3.8, 4) is 0 Å². The van der Waals surface area contributed by atoms with Crippen LogP contribution in [0.1, 0.15) is 52.9 Å². The van der Waals surface area contributed by atoms with E-state index in [4.69, 9.17) is 12.6 Å². The number of hydrogen-bond acceptors (Lipinski definition) is 1. The second-order valence-electron chi connectivity index (χ2n) is 4.85. The smallest absolute Gasteiger partial charge is 0.112 e. The molecule has 2 heteroatoms. The molecule has 0 atom stereocenters. The van der Waals surface area contributed by atoms with Crippen LogP contribution in [0.5, 0.6) is 0 Å². The first kappa shape index (κ1) is 13.4. The molecule has 0 amide bonds. The Kier molecular flexibility index (Phi) is 4.70. The van der Waals surface area contributed by atoms with Crippen molar-refractivity contribution in [2.75, 3.05) is 7.11 Å². The summed E-state index contributed by atoms with van der Waals surface area (Å²) in [6.45, 7) is 6.64. The first-order valence-electron chi connectivity index (χ1n) is 6.28. The quantitative estimate of drug-likeness (QED) is 0.372. The summed E-state index contributed by atoms with van der Waals surface area (Å²) in [7, 11) is 7.61. The third kappa shape index (κ3) is 3.17. The van der Waals surface area contributed by atoms with Crippen LogP contribution in [0.25, 0.3) is 0 Å². The van der Waals surface area contributed by atoms with Crippen LogP contribution in [0.4, 0.5) is 0 Å². The van der Waals surface area contributed by atoms with Crippen LogP contribution in [0.3, 0.4) is 0 Å². The lowest BCUT2D eigenvalue weighted by atomic mass is 9.89. The molecule has 1 rings (SSSR count). The molecule has 1 nitrogen and oxygen atoms in total. The van der Waals surface area contributed by atoms with Crippen molar-refractivity contribution in [3.05, 3.63) is 22.9 Å². The molecule has 16 heavy (non-hydrogen) atoms. The molecule has 0 aromatic carbocycles. The standard InChI is InChI=1S/C14H23BO/c1-5-11(14(3)9-10-14)7-8-13(16-4)12(15)6-2/h7H,5-6,8-10H2,1-4H3/b11-7+,13-12-. The largest absolute Gasteiger partial charge is 0.502 e. The highest BCUT2D eigenvalue weighted by atomic mass is 16.5. The Balaban J connectivity index is 2.69. The zero-order valence-electron chi connectivity index (χ0n) is 11.1. The fourth-order valence-electron chi connectivity index (χ4n) is 2.08. The highest BCUT2D eigenvalue weighted by Gasteiger charge is 2.39. The third-order valence-electron chi connectivity index (χ3n) is 3.68. The summed E-state index contributed by atoms with van der Waals surface area (Å²) < 4.78 is 5.34. The molecule has 0 unspecified atom stereocenters. The minimum Gasteiger partial charge on any atom is -0.502 e. The number of rotatable bonds is 6. The molecule has 1 aliphatic carbocycles. The number of ether oxygens (including phenoxy) is 1. The fourth-order valence-corrected chi connectivity index (χ4v) is 2.08. The Morgan fingerprint density at radius 2 is 1.94 bits per heavy atom. The van der Waals surface area contributed by atoms with E-state index in [9.17, 15) is 0 Å². The Morgan fingerprint density at radius 1 is 1.31 bits per heavy atom. The van der Waals surface area contributed by atoms with Gasteiger partial charge in [0.1, 0.15) is 7.85 Å². The van der Waals surface area contributed by atoms with E-state index < -0.39 is 0 Å². The summed E-state index contributed by atoms with van der Waals surface area (Å²) in [6.07, 6.45) is 7.82. The predicted octanol–water partition coefficient (Wildman–Crippen LogP) is 3.95. The van der Waals surface area contributed by atoms with Crippen molar-refractivity contribution in [3.63, 3.8) is 0 Å². The van der Waals surface area contributed by atoms with Crippen LogP contribution in [-0.2, 0) is 4.74 Å². The van der Waals surface area contributed by atoms with Gasteiger partial charge in [0.15, 0.2) is 0 Å². The van der Waals surface area contributed by atoms with Crippen LogP contribution in [0.2, 0.25) is 0 Å². The summed E-state index contributed by atoms with van der Waals surface area (Å²) in [4.78, 5) is 0. The van der Waals surface area contributed by atoms with Gasteiger partial charge in [0.05, 0.1) is 12.9 Å². The summed E-state index contributed by atoms with van der Waals surface area (Å²) in [5.74, 6) is 0.928. The van der Waals surface area contributed by atoms with Gasteiger partial charge in [0.2, 0.25) is 0 Å². The van der Waals surface area contributed by atoms with E-state index in [1.165, 1.54) is 12.8 Å². The molecule has 0 bridgehead atoms. The second kappa shape index (κ2) is 5.61. The summed E-state index contributed by atoms with van der Waals surface area (Å²) in [6, 6.07) is 0. The number of methoxy groups -OCH3 is 1. The summed E-state index contributed by atoms with van der Waals surface area (Å²) in [5, 5.41) is 0. The van der Waals surface area contributed by atoms with Gasteiger partial charge in [-0.1, -0.05) is 37.9 Å². The van der Waals surface area contributed by atoms with E-state index in [1.54, 1.807) is 12.7 Å². The molecular weight excluding hydrogens is 195 g/mol. The molecule has 0 N–H and O–H groups in total. The van der Waals surface area contributed by atoms with Gasteiger partial charge in [-0.05, 0) is 31.1 Å². The molecule has 0 spiro atoms. The molecule has 1 saturated carbocycles. The first-order chi connectivity index (χ1) is 7.57. The molecule has 88 valence electrons. The predicted molar refractivity (Wildman–Crippen MR) is 70.4 cm³/mol. The average molecular weight is 218 g/mol. The molecule has 2 radical (unpaired) electrons. The highest BCUT2D eigenvalue weighted by Crippen LogP contribution is 2.52. The summed E-state index contributed by atoms with van der Waals surface area (Å²) in [5.41, 5.74) is 2.91. The van der Waals surface area contributed by atoms with E-state index in [0.717, 1.165) is 30.5 Å². The van der Waals surface area contributed by atoms with Crippen LogP contribution < -0.4 is 0 Å². The summed E-state index contributed by atoms with van der Waals surface area (Å²) >= 11 is 0. The molecule has 1 aliphatic rings. The SMILES string of the molecule is [B]/C(CC)=C(/C/C=C(\CC)C1(C)CC1)OC. The van der Waals surface area contributed by atoms with Gasteiger partial charge >= 0.3 is 0 Å². The maximum Gasteiger partial charge on any atom is 0.112 e. The Bertz CT molecular complexity index is 298. The van der Waals surface area contributed by atoms with Gasteiger partial charge in [-0.3, -0.25) is 0 Å². The van der Waals surface area contributed by atoms with Crippen LogP contribution in [0, 0.1) is 5.41 Å². The van der Waals surface area contributed by atoms with Crippen LogP contribution in [-0.4, -0.2) is 15.0 Å². The van der Waals surface area contributed by atoms with E-state index in [1.807, 2.05) is 0 Å². The Morgan fingerprint density at radius 3 is 2.31 bits per heavy atom. The zero-order chi connectivity index (χ0) is 12.2. The average Bonchev–Trinajstić information content (AvgIpc) is 3.03. The maximum atomic E-state index is 5.91. The van der Waals surface area contributed by atoms with Crippen molar-refractivity contribution >= 4 is 7.85 Å². The van der Waals surface area contributed by atoms with Crippen molar-refractivity contribution in [2.45, 2.75) is 52.9 Å². The normalized spacial score (nSPS) is 20.4. The van der Waals surface area contributed by atoms with Crippen LogP contribution in [0.15, 0.2) is 22.9 Å². The lowest BCUT2D eigenvalue weighted by Crippen LogP contribution is -1.99. The van der Waals surface area contributed by atoms with Gasteiger partial charge in [-0.2, -0.15) is 0 Å². The molecule has 0 heterocycles. The van der Waals surface area contributed by atoms with Crippen molar-refractivity contribution in [1.82, 2.24) is 0 Å². The maximum absolute atomic E-state index is 5.91. The molecule has 0 aromatic heterocycles. The van der Waals surface area contributed by atoms with E-state index in [2.05, 4.69) is 26.8 Å². The van der Waals surface area contributed by atoms with Gasteiger partial charge < -0.3 is 4.74 Å². The van der Waals surface area contributed by atoms with Crippen molar-refractivity contribution in [2.24, 2.45) is 5.41 Å². The molecule has 0 saturated heterocycles. The highest BCUT2D eigenvalue weighted by molar-refractivity contribution is 6.21. The topological polar surface area (TPSA) is 9.23 Å². The van der Waals surface area contributed by atoms with Crippen molar-refractivity contribution in [1.29, 1.82) is 0 Å². The Labute approximate surface area is 101 Å². The molecule has 0 aliphatic heterocycles. The zero-order valence-corrected chi connectivity index (χ0v) is 11.1. The van der Waals surface area contributed by atoms with E-state index in [-0.39, 0.29) is 0 Å². The second-order valence-corrected chi connectivity index (χ2v) is 4.85. The molecule has 0 aromatic rings. The van der Waals surface area contributed by atoms with E-state index in [0.29, 0.717) is 5.41 Å². The molecular formula is C14H23BO. The third-order valence-corrected chi connectivity index (χ3v) is 3.68. The number of allylic oxidation sites excluding steroid dienone is 3. The van der Waals surface area contributed by atoms with E-state index >= 15 is 0 Å². The monoisotopic (exact) mass is 218 g/mol. The first-order valence-corrected chi connectivity index (χ1v) is 6.28. The van der Waals surface area contributed by atoms with Crippen LogP contribution >= 0.6 is 0 Å². The Hall–Kier alpha value is -0.655. The minimum absolute atomic E-state index is 0.481. The fraction of sp³-hybridized carbons (Fsp3) is 0.714. The van der Waals surface area contributed by atoms with Gasteiger partial charge in [0, 0.05) is 6.42 Å². The lowest BCUT2D eigenvalue weighted by Gasteiger charge is -2.14. The van der Waals surface area contributed by atoms with Crippen molar-refractivity contribution < 1.29 is 4.74 Å². The lowest BCUT2D eigenvalue weighted by molar-refractivity contribution is 0.281. The molecule has 1 fully saturated rings. The number of hydrogen-bond donors (Lipinski definition) is 0. The minimum atomic E-state index is 0.481. The van der Waals surface area contributed by atoms with Gasteiger partial charge in [0.25, 0.3) is 0 Å². The van der Waals surface area contributed by atoms with Gasteiger partial charge in [-0.15, -0.1) is 0 Å². The van der Waals surface area contributed by atoms with Gasteiger partial charge in [-0.25, -0.2) is 0 Å².